The molecule has 1 aromatic carbocycles. The van der Waals surface area contributed by atoms with Gasteiger partial charge in [-0.3, -0.25) is 4.79 Å². The highest BCUT2D eigenvalue weighted by atomic mass is 16.2. The van der Waals surface area contributed by atoms with Crippen molar-refractivity contribution in [3.63, 3.8) is 0 Å². The number of aryl methyl sites for hydroxylation is 1. The van der Waals surface area contributed by atoms with Crippen LogP contribution in [0, 0.1) is 0 Å². The lowest BCUT2D eigenvalue weighted by molar-refractivity contribution is -0.123. The van der Waals surface area contributed by atoms with Crippen molar-refractivity contribution in [1.82, 2.24) is 5.32 Å². The van der Waals surface area contributed by atoms with E-state index in [1.54, 1.807) is 11.9 Å². The van der Waals surface area contributed by atoms with Gasteiger partial charge < -0.3 is 10.2 Å². The Kier molecular flexibility index (Phi) is 4.29. The van der Waals surface area contributed by atoms with Gasteiger partial charge in [0.25, 0.3) is 0 Å². The van der Waals surface area contributed by atoms with Crippen LogP contribution in [0.3, 0.4) is 0 Å². The van der Waals surface area contributed by atoms with E-state index in [1.165, 1.54) is 5.56 Å². The number of hydrogen-bond acceptors (Lipinski definition) is 2. The summed E-state index contributed by atoms with van der Waals surface area (Å²) in [5.74, 6) is 0.0595. The molecule has 0 aliphatic heterocycles. The molecule has 1 amide bonds. The van der Waals surface area contributed by atoms with Gasteiger partial charge in [-0.05, 0) is 45.0 Å². The number of hydrogen-bond donors (Lipinski definition) is 1. The largest absolute Gasteiger partial charge is 0.314 e. The second-order valence-electron chi connectivity index (χ2n) is 4.76. The molecular weight excluding hydrogens is 212 g/mol. The third kappa shape index (κ3) is 3.07. The third-order valence-electron chi connectivity index (χ3n) is 3.20. The van der Waals surface area contributed by atoms with E-state index in [1.807, 2.05) is 33.0 Å². The lowest BCUT2D eigenvalue weighted by Gasteiger charge is -2.29. The fourth-order valence-corrected chi connectivity index (χ4v) is 1.60. The first-order valence-electron chi connectivity index (χ1n) is 5.98. The Balaban J connectivity index is 2.88. The summed E-state index contributed by atoms with van der Waals surface area (Å²) >= 11 is 0. The van der Waals surface area contributed by atoms with Gasteiger partial charge in [0.1, 0.15) is 0 Å². The molecule has 1 aromatic rings. The number of nitrogens with one attached hydrogen (secondary N) is 1. The molecule has 0 radical (unpaired) electrons. The lowest BCUT2D eigenvalue weighted by Crippen LogP contribution is -2.51. The number of likely N-dealkylation sites (N-methyl/N-ethyl adjacent to an activating group) is 2. The first-order chi connectivity index (χ1) is 7.92. The molecule has 0 bridgehead atoms. The molecule has 0 spiro atoms. The summed E-state index contributed by atoms with van der Waals surface area (Å²) in [7, 11) is 3.61. The van der Waals surface area contributed by atoms with Crippen molar-refractivity contribution in [3.8, 4) is 0 Å². The third-order valence-corrected chi connectivity index (χ3v) is 3.20. The number of amides is 1. The van der Waals surface area contributed by atoms with E-state index in [0.717, 1.165) is 12.1 Å². The number of carbonyl (C=O) groups is 1. The van der Waals surface area contributed by atoms with Crippen LogP contribution < -0.4 is 10.2 Å². The molecule has 0 saturated carbocycles. The van der Waals surface area contributed by atoms with Gasteiger partial charge in [0, 0.05) is 12.7 Å². The van der Waals surface area contributed by atoms with Crippen LogP contribution in [0.15, 0.2) is 24.3 Å². The molecular formula is C14H22N2O. The summed E-state index contributed by atoms with van der Waals surface area (Å²) in [6, 6.07) is 8.10. The second-order valence-corrected chi connectivity index (χ2v) is 4.76. The van der Waals surface area contributed by atoms with Crippen LogP contribution in [0.2, 0.25) is 0 Å². The van der Waals surface area contributed by atoms with Crippen LogP contribution >= 0.6 is 0 Å². The van der Waals surface area contributed by atoms with Crippen molar-refractivity contribution < 1.29 is 4.79 Å². The van der Waals surface area contributed by atoms with Crippen LogP contribution in [-0.2, 0) is 11.2 Å². The van der Waals surface area contributed by atoms with Crippen LogP contribution in [0.5, 0.6) is 0 Å². The fourth-order valence-electron chi connectivity index (χ4n) is 1.60. The zero-order chi connectivity index (χ0) is 13.1. The van der Waals surface area contributed by atoms with E-state index in [9.17, 15) is 4.79 Å². The average Bonchev–Trinajstić information content (AvgIpc) is 2.37. The molecule has 1 N–H and O–H groups in total. The van der Waals surface area contributed by atoms with Crippen LogP contribution in [-0.4, -0.2) is 25.5 Å². The number of rotatable bonds is 4. The average molecular weight is 234 g/mol. The van der Waals surface area contributed by atoms with Gasteiger partial charge in [-0.25, -0.2) is 0 Å². The predicted octanol–water partition coefficient (Wildman–Crippen LogP) is 2.21. The summed E-state index contributed by atoms with van der Waals surface area (Å²) < 4.78 is 0. The van der Waals surface area contributed by atoms with Gasteiger partial charge in [-0.2, -0.15) is 0 Å². The Labute approximate surface area is 104 Å². The number of anilines is 1. The summed E-state index contributed by atoms with van der Waals surface area (Å²) in [4.78, 5) is 13.9. The highest BCUT2D eigenvalue weighted by Crippen LogP contribution is 2.17. The monoisotopic (exact) mass is 234 g/mol. The van der Waals surface area contributed by atoms with Crippen molar-refractivity contribution in [2.45, 2.75) is 32.7 Å². The van der Waals surface area contributed by atoms with Gasteiger partial charge in [0.15, 0.2) is 0 Å². The fraction of sp³-hybridized carbons (Fsp3) is 0.500. The quantitative estimate of drug-likeness (QED) is 0.866. The van der Waals surface area contributed by atoms with Crippen molar-refractivity contribution >= 4 is 11.6 Å². The molecule has 3 nitrogen and oxygen atoms in total. The highest BCUT2D eigenvalue weighted by molar-refractivity contribution is 5.99. The molecule has 3 heteroatoms. The minimum Gasteiger partial charge on any atom is -0.314 e. The smallest absolute Gasteiger partial charge is 0.246 e. The zero-order valence-electron chi connectivity index (χ0n) is 11.4. The molecule has 0 aliphatic rings. The summed E-state index contributed by atoms with van der Waals surface area (Å²) in [5.41, 5.74) is 1.66. The molecule has 0 aliphatic carbocycles. The molecule has 0 aromatic heterocycles. The normalized spacial score (nSPS) is 11.4. The molecule has 17 heavy (non-hydrogen) atoms. The Hall–Kier alpha value is -1.35. The molecule has 0 heterocycles. The van der Waals surface area contributed by atoms with Gasteiger partial charge >= 0.3 is 0 Å². The minimum absolute atomic E-state index is 0.0595. The standard InChI is InChI=1S/C14H22N2O/c1-6-11-7-9-12(10-8-11)16(5)13(17)14(2,3)15-4/h7-10,15H,6H2,1-5H3. The second kappa shape index (κ2) is 5.32. The van der Waals surface area contributed by atoms with Crippen molar-refractivity contribution in [2.24, 2.45) is 0 Å². The van der Waals surface area contributed by atoms with E-state index >= 15 is 0 Å². The molecule has 0 atom stereocenters. The summed E-state index contributed by atoms with van der Waals surface area (Å²) in [6.07, 6.45) is 1.01. The Morgan fingerprint density at radius 1 is 1.29 bits per heavy atom. The summed E-state index contributed by atoms with van der Waals surface area (Å²) in [5, 5.41) is 3.02. The molecule has 0 unspecified atom stereocenters. The van der Waals surface area contributed by atoms with Gasteiger partial charge in [0.05, 0.1) is 5.54 Å². The number of carbonyl (C=O) groups excluding carboxylic acids is 1. The van der Waals surface area contributed by atoms with Gasteiger partial charge in [-0.1, -0.05) is 19.1 Å². The SMILES string of the molecule is CCc1ccc(N(C)C(=O)C(C)(C)NC)cc1. The maximum absolute atomic E-state index is 12.2. The molecule has 94 valence electrons. The van der Waals surface area contributed by atoms with E-state index < -0.39 is 5.54 Å². The van der Waals surface area contributed by atoms with Gasteiger partial charge in [-0.15, -0.1) is 0 Å². The Bertz CT molecular complexity index is 382. The minimum atomic E-state index is -0.543. The van der Waals surface area contributed by atoms with E-state index in [0.29, 0.717) is 0 Å². The zero-order valence-corrected chi connectivity index (χ0v) is 11.4. The van der Waals surface area contributed by atoms with E-state index in [2.05, 4.69) is 24.4 Å². The van der Waals surface area contributed by atoms with E-state index in [-0.39, 0.29) is 5.91 Å². The maximum Gasteiger partial charge on any atom is 0.246 e. The van der Waals surface area contributed by atoms with Crippen molar-refractivity contribution in [3.05, 3.63) is 29.8 Å². The Morgan fingerprint density at radius 3 is 2.24 bits per heavy atom. The first-order valence-corrected chi connectivity index (χ1v) is 5.98. The molecule has 0 saturated heterocycles. The topological polar surface area (TPSA) is 32.3 Å². The molecule has 1 rings (SSSR count). The van der Waals surface area contributed by atoms with E-state index in [4.69, 9.17) is 0 Å². The Morgan fingerprint density at radius 2 is 1.82 bits per heavy atom. The number of benzene rings is 1. The number of nitrogens with zero attached hydrogens (tertiary/aromatic N) is 1. The van der Waals surface area contributed by atoms with Crippen molar-refractivity contribution in [1.29, 1.82) is 0 Å². The highest BCUT2D eigenvalue weighted by Gasteiger charge is 2.28. The predicted molar refractivity (Wildman–Crippen MR) is 72.4 cm³/mol. The maximum atomic E-state index is 12.2. The van der Waals surface area contributed by atoms with Crippen LogP contribution in [0.25, 0.3) is 0 Å². The van der Waals surface area contributed by atoms with Crippen molar-refractivity contribution in [2.75, 3.05) is 19.0 Å². The lowest BCUT2D eigenvalue weighted by atomic mass is 10.0. The summed E-state index contributed by atoms with van der Waals surface area (Å²) in [6.45, 7) is 5.88. The molecule has 0 fully saturated rings. The van der Waals surface area contributed by atoms with Gasteiger partial charge in [0.2, 0.25) is 5.91 Å². The first kappa shape index (κ1) is 13.7. The van der Waals surface area contributed by atoms with Crippen LogP contribution in [0.1, 0.15) is 26.3 Å². The van der Waals surface area contributed by atoms with Crippen LogP contribution in [0.4, 0.5) is 5.69 Å².